The molecule has 1 aromatic heterocycles. The number of benzene rings is 2. The summed E-state index contributed by atoms with van der Waals surface area (Å²) in [6.45, 7) is 7.15. The first-order valence-corrected chi connectivity index (χ1v) is 15.5. The van der Waals surface area contributed by atoms with E-state index < -0.39 is 0 Å². The number of likely N-dealkylation sites (tertiary alicyclic amines) is 1. The summed E-state index contributed by atoms with van der Waals surface area (Å²) in [4.78, 5) is 30.7. The first kappa shape index (κ1) is 35.4. The molecule has 0 radical (unpaired) electrons. The zero-order valence-corrected chi connectivity index (χ0v) is 27.4. The molecule has 1 atom stereocenters. The van der Waals surface area contributed by atoms with Gasteiger partial charge in [0.15, 0.2) is 0 Å². The van der Waals surface area contributed by atoms with E-state index in [1.165, 1.54) is 16.7 Å². The number of halogens is 2. The molecule has 1 fully saturated rings. The molecule has 2 aliphatic rings. The van der Waals surface area contributed by atoms with Gasteiger partial charge in [-0.2, -0.15) is 0 Å². The second kappa shape index (κ2) is 17.4. The average molecular weight is 643 g/mol. The van der Waals surface area contributed by atoms with E-state index in [2.05, 4.69) is 46.7 Å². The number of piperidine rings is 1. The molecule has 0 saturated carbocycles. The Morgan fingerprint density at radius 3 is 2.43 bits per heavy atom. The summed E-state index contributed by atoms with van der Waals surface area (Å²) < 4.78 is 11.4. The molecule has 1 aliphatic carbocycles. The number of pyridine rings is 1. The van der Waals surface area contributed by atoms with Gasteiger partial charge in [0.1, 0.15) is 18.1 Å². The van der Waals surface area contributed by atoms with Crippen molar-refractivity contribution in [2.45, 2.75) is 77.4 Å². The van der Waals surface area contributed by atoms with Crippen LogP contribution < -0.4 is 10.1 Å². The van der Waals surface area contributed by atoms with E-state index in [1.807, 2.05) is 30.0 Å². The third kappa shape index (κ3) is 8.96. The zero-order valence-electron chi connectivity index (χ0n) is 25.8. The molecule has 3 aromatic rings. The lowest BCUT2D eigenvalue weighted by atomic mass is 9.89. The van der Waals surface area contributed by atoms with Gasteiger partial charge in [-0.05, 0) is 92.3 Å². The number of nitrogens with zero attached hydrogens (tertiary/aromatic N) is 2. The van der Waals surface area contributed by atoms with Crippen LogP contribution in [0.4, 0.5) is 0 Å². The maximum Gasteiger partial charge on any atom is 0.356 e. The fourth-order valence-corrected chi connectivity index (χ4v) is 6.15. The number of ether oxygens (including phenoxy) is 2. The van der Waals surface area contributed by atoms with Gasteiger partial charge in [-0.3, -0.25) is 4.79 Å². The molecule has 1 N–H and O–H groups in total. The van der Waals surface area contributed by atoms with Crippen molar-refractivity contribution >= 4 is 36.7 Å². The molecule has 1 aliphatic heterocycles. The van der Waals surface area contributed by atoms with Crippen molar-refractivity contribution in [3.05, 3.63) is 94.3 Å². The van der Waals surface area contributed by atoms with Crippen LogP contribution >= 0.6 is 24.8 Å². The number of para-hydroxylation sites is 1. The summed E-state index contributed by atoms with van der Waals surface area (Å²) in [5.41, 5.74) is 6.26. The molecule has 2 heterocycles. The fourth-order valence-electron chi connectivity index (χ4n) is 6.15. The molecule has 238 valence electrons. The van der Waals surface area contributed by atoms with Crippen LogP contribution in [0.3, 0.4) is 0 Å². The zero-order chi connectivity index (χ0) is 29.3. The Hall–Kier alpha value is -3.13. The smallest absolute Gasteiger partial charge is 0.356 e. The van der Waals surface area contributed by atoms with Gasteiger partial charge in [0.05, 0.1) is 6.61 Å². The summed E-state index contributed by atoms with van der Waals surface area (Å²) in [5.74, 6) is 1.34. The highest BCUT2D eigenvalue weighted by molar-refractivity contribution is 5.87. The minimum absolute atomic E-state index is 0. The Bertz CT molecular complexity index is 1360. The van der Waals surface area contributed by atoms with Crippen molar-refractivity contribution in [2.24, 2.45) is 0 Å². The van der Waals surface area contributed by atoms with Crippen molar-refractivity contribution in [1.82, 2.24) is 15.2 Å². The number of esters is 1. The monoisotopic (exact) mass is 641 g/mol. The van der Waals surface area contributed by atoms with Crippen LogP contribution in [-0.4, -0.2) is 48.0 Å². The minimum atomic E-state index is -0.357. The van der Waals surface area contributed by atoms with Gasteiger partial charge in [0.2, 0.25) is 5.91 Å². The number of aryl methyl sites for hydroxylation is 1. The number of rotatable bonds is 11. The van der Waals surface area contributed by atoms with Crippen LogP contribution in [-0.2, 0) is 29.0 Å². The molecule has 1 saturated heterocycles. The van der Waals surface area contributed by atoms with Gasteiger partial charge in [0, 0.05) is 31.2 Å². The maximum atomic E-state index is 12.1. The number of carbonyl (C=O) groups excluding carboxylic acids is 2. The largest absolute Gasteiger partial charge is 0.489 e. The van der Waals surface area contributed by atoms with Crippen LogP contribution in [0.25, 0.3) is 0 Å². The van der Waals surface area contributed by atoms with Gasteiger partial charge in [0.25, 0.3) is 0 Å². The van der Waals surface area contributed by atoms with Crippen molar-refractivity contribution in [1.29, 1.82) is 0 Å². The second-order valence-corrected chi connectivity index (χ2v) is 11.2. The van der Waals surface area contributed by atoms with E-state index in [1.54, 1.807) is 13.0 Å². The SMILES string of the molecule is CCOC(=O)c1ccc2c(n1)CCCC2NCCc1ccccc1OCc1ccc(C2CCN(C(=O)CC)CC2)cc1.Cl.Cl. The van der Waals surface area contributed by atoms with Gasteiger partial charge in [-0.25, -0.2) is 9.78 Å². The summed E-state index contributed by atoms with van der Waals surface area (Å²) in [5, 5.41) is 3.72. The summed E-state index contributed by atoms with van der Waals surface area (Å²) >= 11 is 0. The highest BCUT2D eigenvalue weighted by Crippen LogP contribution is 2.30. The molecular weight excluding hydrogens is 597 g/mol. The second-order valence-electron chi connectivity index (χ2n) is 11.2. The third-order valence-corrected chi connectivity index (χ3v) is 8.53. The topological polar surface area (TPSA) is 80.8 Å². The Morgan fingerprint density at radius 1 is 0.955 bits per heavy atom. The molecule has 2 aromatic carbocycles. The van der Waals surface area contributed by atoms with Crippen molar-refractivity contribution < 1.29 is 19.1 Å². The quantitative estimate of drug-likeness (QED) is 0.227. The lowest BCUT2D eigenvalue weighted by Gasteiger charge is -2.32. The van der Waals surface area contributed by atoms with Crippen molar-refractivity contribution in [3.63, 3.8) is 0 Å². The Labute approximate surface area is 273 Å². The lowest BCUT2D eigenvalue weighted by molar-refractivity contribution is -0.131. The standard InChI is InChI=1S/C35H43N3O4.2ClH/c1-3-34(39)38-22-19-27(20-23-38)26-14-12-25(13-15-26)24-42-33-11-6-5-8-28(33)18-21-36-30-9-7-10-31-29(30)16-17-32(37-31)35(40)41-4-2;;/h5-6,8,11-17,27,30,36H,3-4,7,9-10,18-24H2,1-2H3;2*1H. The van der Waals surface area contributed by atoms with Crippen molar-refractivity contribution in [3.8, 4) is 5.75 Å². The van der Waals surface area contributed by atoms with Crippen LogP contribution in [0, 0.1) is 0 Å². The summed E-state index contributed by atoms with van der Waals surface area (Å²) in [6, 6.07) is 21.1. The first-order chi connectivity index (χ1) is 20.6. The number of nitrogens with one attached hydrogen (secondary N) is 1. The molecule has 9 heteroatoms. The summed E-state index contributed by atoms with van der Waals surface area (Å²) in [6.07, 6.45) is 6.48. The molecule has 0 bridgehead atoms. The van der Waals surface area contributed by atoms with E-state index in [4.69, 9.17) is 9.47 Å². The molecule has 7 nitrogen and oxygen atoms in total. The Balaban J connectivity index is 0.00000264. The van der Waals surface area contributed by atoms with E-state index in [9.17, 15) is 9.59 Å². The molecule has 44 heavy (non-hydrogen) atoms. The minimum Gasteiger partial charge on any atom is -0.489 e. The van der Waals surface area contributed by atoms with Gasteiger partial charge in [-0.15, -0.1) is 24.8 Å². The van der Waals surface area contributed by atoms with E-state index >= 15 is 0 Å². The predicted octanol–water partition coefficient (Wildman–Crippen LogP) is 7.01. The summed E-state index contributed by atoms with van der Waals surface area (Å²) in [7, 11) is 0. The van der Waals surface area contributed by atoms with E-state index in [-0.39, 0.29) is 42.7 Å². The van der Waals surface area contributed by atoms with E-state index in [0.29, 0.717) is 31.2 Å². The van der Waals surface area contributed by atoms with Crippen LogP contribution in [0.5, 0.6) is 5.75 Å². The highest BCUT2D eigenvalue weighted by atomic mass is 35.5. The number of hydrogen-bond acceptors (Lipinski definition) is 6. The average Bonchev–Trinajstić information content (AvgIpc) is 3.04. The maximum absolute atomic E-state index is 12.1. The lowest BCUT2D eigenvalue weighted by Crippen LogP contribution is -2.37. The van der Waals surface area contributed by atoms with Crippen LogP contribution in [0.1, 0.15) is 96.3 Å². The number of carbonyl (C=O) groups is 2. The highest BCUT2D eigenvalue weighted by Gasteiger charge is 2.24. The molecule has 1 amide bonds. The van der Waals surface area contributed by atoms with Gasteiger partial charge >= 0.3 is 5.97 Å². The van der Waals surface area contributed by atoms with Crippen LogP contribution in [0.2, 0.25) is 0 Å². The molecule has 1 unspecified atom stereocenters. The predicted molar refractivity (Wildman–Crippen MR) is 178 cm³/mol. The van der Waals surface area contributed by atoms with E-state index in [0.717, 1.165) is 75.2 Å². The fraction of sp³-hybridized carbons (Fsp3) is 0.457. The Kier molecular flexibility index (Phi) is 14.0. The Morgan fingerprint density at radius 2 is 1.70 bits per heavy atom. The molecule has 5 rings (SSSR count). The normalized spacial score (nSPS) is 16.2. The number of fused-ring (bicyclic) bond motifs is 1. The van der Waals surface area contributed by atoms with Crippen LogP contribution in [0.15, 0.2) is 60.7 Å². The first-order valence-electron chi connectivity index (χ1n) is 15.5. The number of aromatic nitrogens is 1. The van der Waals surface area contributed by atoms with Gasteiger partial charge < -0.3 is 19.7 Å². The van der Waals surface area contributed by atoms with Crippen molar-refractivity contribution in [2.75, 3.05) is 26.2 Å². The third-order valence-electron chi connectivity index (χ3n) is 8.53. The molecule has 0 spiro atoms. The number of amides is 1. The number of hydrogen-bond donors (Lipinski definition) is 1. The molecular formula is C35H45Cl2N3O4. The van der Waals surface area contributed by atoms with Gasteiger partial charge in [-0.1, -0.05) is 55.5 Å².